The molecule has 1 aliphatic heterocycles. The summed E-state index contributed by atoms with van der Waals surface area (Å²) in [6.07, 6.45) is 0. The fourth-order valence-corrected chi connectivity index (χ4v) is 2.56. The van der Waals surface area contributed by atoms with Gasteiger partial charge in [-0.3, -0.25) is 4.90 Å². The molecule has 1 saturated heterocycles. The first-order chi connectivity index (χ1) is 8.20. The van der Waals surface area contributed by atoms with E-state index in [-0.39, 0.29) is 5.75 Å². The zero-order valence-electron chi connectivity index (χ0n) is 9.78. The second-order valence-corrected chi connectivity index (χ2v) is 5.18. The van der Waals surface area contributed by atoms with E-state index in [2.05, 4.69) is 27.5 Å². The molecule has 0 radical (unpaired) electrons. The topological polar surface area (TPSA) is 41.9 Å². The van der Waals surface area contributed by atoms with Gasteiger partial charge in [-0.15, -0.1) is 0 Å². The van der Waals surface area contributed by atoms with Crippen molar-refractivity contribution in [3.8, 4) is 11.5 Å². The quantitative estimate of drug-likeness (QED) is 0.846. The van der Waals surface area contributed by atoms with E-state index in [0.717, 1.165) is 42.0 Å². The maximum atomic E-state index is 9.76. The first-order valence-electron chi connectivity index (χ1n) is 5.56. The zero-order chi connectivity index (χ0) is 12.3. The highest BCUT2D eigenvalue weighted by Gasteiger charge is 2.13. The molecule has 1 N–H and O–H groups in total. The third-order valence-electron chi connectivity index (χ3n) is 2.82. The third kappa shape index (κ3) is 3.23. The van der Waals surface area contributed by atoms with Gasteiger partial charge in [-0.2, -0.15) is 0 Å². The Hall–Kier alpha value is -0.530. The number of ether oxygens (including phenoxy) is 2. The molecule has 0 aromatic heterocycles. The van der Waals surface area contributed by atoms with E-state index in [0.29, 0.717) is 5.75 Å². The Kier molecular flexibility index (Phi) is 4.47. The van der Waals surface area contributed by atoms with Crippen molar-refractivity contribution in [3.63, 3.8) is 0 Å². The Morgan fingerprint density at radius 2 is 2.12 bits per heavy atom. The van der Waals surface area contributed by atoms with Crippen LogP contribution >= 0.6 is 22.6 Å². The lowest BCUT2D eigenvalue weighted by Crippen LogP contribution is -2.35. The molecule has 4 nitrogen and oxygen atoms in total. The van der Waals surface area contributed by atoms with Gasteiger partial charge in [-0.05, 0) is 40.3 Å². The summed E-state index contributed by atoms with van der Waals surface area (Å²) in [5.74, 6) is 0.763. The van der Waals surface area contributed by atoms with Gasteiger partial charge < -0.3 is 14.6 Å². The van der Waals surface area contributed by atoms with Crippen LogP contribution in [-0.2, 0) is 11.3 Å². The molecule has 0 bridgehead atoms. The van der Waals surface area contributed by atoms with E-state index in [1.165, 1.54) is 0 Å². The van der Waals surface area contributed by atoms with E-state index in [4.69, 9.17) is 9.47 Å². The highest BCUT2D eigenvalue weighted by molar-refractivity contribution is 14.1. The molecular formula is C12H16INO3. The molecule has 1 fully saturated rings. The van der Waals surface area contributed by atoms with Crippen molar-refractivity contribution in [3.05, 3.63) is 21.3 Å². The van der Waals surface area contributed by atoms with E-state index in [1.54, 1.807) is 7.11 Å². The van der Waals surface area contributed by atoms with Crippen molar-refractivity contribution >= 4 is 22.6 Å². The molecule has 0 atom stereocenters. The molecule has 0 saturated carbocycles. The van der Waals surface area contributed by atoms with Gasteiger partial charge in [0.1, 0.15) is 0 Å². The Labute approximate surface area is 115 Å². The van der Waals surface area contributed by atoms with Crippen molar-refractivity contribution in [1.29, 1.82) is 0 Å². The molecule has 0 aliphatic carbocycles. The van der Waals surface area contributed by atoms with Gasteiger partial charge >= 0.3 is 0 Å². The number of benzene rings is 1. The van der Waals surface area contributed by atoms with Crippen LogP contribution in [0.4, 0.5) is 0 Å². The second-order valence-electron chi connectivity index (χ2n) is 4.02. The normalized spacial score (nSPS) is 17.1. The van der Waals surface area contributed by atoms with Crippen molar-refractivity contribution in [2.75, 3.05) is 33.4 Å². The van der Waals surface area contributed by atoms with Crippen LogP contribution in [-0.4, -0.2) is 43.4 Å². The lowest BCUT2D eigenvalue weighted by atomic mass is 10.2. The fraction of sp³-hybridized carbons (Fsp3) is 0.500. The minimum absolute atomic E-state index is 0.221. The summed E-state index contributed by atoms with van der Waals surface area (Å²) in [5, 5.41) is 9.76. The molecule has 0 unspecified atom stereocenters. The van der Waals surface area contributed by atoms with Gasteiger partial charge in [-0.1, -0.05) is 0 Å². The first kappa shape index (κ1) is 12.9. The number of aromatic hydroxyl groups is 1. The van der Waals surface area contributed by atoms with Crippen molar-refractivity contribution in [2.24, 2.45) is 0 Å². The van der Waals surface area contributed by atoms with Gasteiger partial charge in [0.05, 0.1) is 23.9 Å². The van der Waals surface area contributed by atoms with Crippen LogP contribution in [0.3, 0.4) is 0 Å². The SMILES string of the molecule is COc1cc(CN2CCOCC2)cc(I)c1O. The van der Waals surface area contributed by atoms with E-state index < -0.39 is 0 Å². The summed E-state index contributed by atoms with van der Waals surface area (Å²) < 4.78 is 11.3. The average molecular weight is 349 g/mol. The largest absolute Gasteiger partial charge is 0.504 e. The number of methoxy groups -OCH3 is 1. The summed E-state index contributed by atoms with van der Waals surface area (Å²) in [5.41, 5.74) is 1.16. The molecule has 1 aliphatic rings. The number of phenols is 1. The lowest BCUT2D eigenvalue weighted by Gasteiger charge is -2.26. The number of hydrogen-bond donors (Lipinski definition) is 1. The summed E-state index contributed by atoms with van der Waals surface area (Å²) in [6.45, 7) is 4.38. The third-order valence-corrected chi connectivity index (χ3v) is 3.64. The van der Waals surface area contributed by atoms with Crippen LogP contribution < -0.4 is 4.74 Å². The van der Waals surface area contributed by atoms with Crippen LogP contribution in [0, 0.1) is 3.57 Å². The Balaban J connectivity index is 2.12. The lowest BCUT2D eigenvalue weighted by molar-refractivity contribution is 0.0341. The fourth-order valence-electron chi connectivity index (χ4n) is 1.89. The van der Waals surface area contributed by atoms with Gasteiger partial charge in [-0.25, -0.2) is 0 Å². The number of phenolic OH excluding ortho intramolecular Hbond substituents is 1. The minimum atomic E-state index is 0.221. The molecule has 2 rings (SSSR count). The van der Waals surface area contributed by atoms with Crippen LogP contribution in [0.2, 0.25) is 0 Å². The number of morpholine rings is 1. The van der Waals surface area contributed by atoms with Crippen molar-refractivity contribution in [2.45, 2.75) is 6.54 Å². The van der Waals surface area contributed by atoms with Gasteiger partial charge in [0.15, 0.2) is 11.5 Å². The molecule has 94 valence electrons. The zero-order valence-corrected chi connectivity index (χ0v) is 11.9. The Morgan fingerprint density at radius 1 is 1.41 bits per heavy atom. The van der Waals surface area contributed by atoms with Gasteiger partial charge in [0, 0.05) is 19.6 Å². The smallest absolute Gasteiger partial charge is 0.171 e. The molecule has 5 heteroatoms. The maximum Gasteiger partial charge on any atom is 0.171 e. The van der Waals surface area contributed by atoms with E-state index in [9.17, 15) is 5.11 Å². The molecule has 1 aromatic carbocycles. The van der Waals surface area contributed by atoms with E-state index >= 15 is 0 Å². The molecule has 1 heterocycles. The molecule has 17 heavy (non-hydrogen) atoms. The highest BCUT2D eigenvalue weighted by atomic mass is 127. The van der Waals surface area contributed by atoms with Crippen LogP contribution in [0.15, 0.2) is 12.1 Å². The molecule has 1 aromatic rings. The molecule has 0 spiro atoms. The van der Waals surface area contributed by atoms with Crippen LogP contribution in [0.5, 0.6) is 11.5 Å². The summed E-state index contributed by atoms with van der Waals surface area (Å²) in [7, 11) is 1.57. The number of nitrogens with zero attached hydrogens (tertiary/aromatic N) is 1. The standard InChI is InChI=1S/C12H16INO3/c1-16-11-7-9(6-10(13)12(11)15)8-14-2-4-17-5-3-14/h6-7,15H,2-5,8H2,1H3. The number of hydrogen-bond acceptors (Lipinski definition) is 4. The Bertz CT molecular complexity index is 392. The number of halogens is 1. The molecule has 0 amide bonds. The van der Waals surface area contributed by atoms with Crippen molar-refractivity contribution < 1.29 is 14.6 Å². The highest BCUT2D eigenvalue weighted by Crippen LogP contribution is 2.32. The summed E-state index contributed by atoms with van der Waals surface area (Å²) in [6, 6.07) is 3.89. The maximum absolute atomic E-state index is 9.76. The molecular weight excluding hydrogens is 333 g/mol. The summed E-state index contributed by atoms with van der Waals surface area (Å²) in [4.78, 5) is 2.34. The Morgan fingerprint density at radius 3 is 2.76 bits per heavy atom. The van der Waals surface area contributed by atoms with Crippen molar-refractivity contribution in [1.82, 2.24) is 4.90 Å². The monoisotopic (exact) mass is 349 g/mol. The van der Waals surface area contributed by atoms with Crippen LogP contribution in [0.25, 0.3) is 0 Å². The van der Waals surface area contributed by atoms with Gasteiger partial charge in [0.2, 0.25) is 0 Å². The van der Waals surface area contributed by atoms with Crippen LogP contribution in [0.1, 0.15) is 5.56 Å². The van der Waals surface area contributed by atoms with E-state index in [1.807, 2.05) is 12.1 Å². The number of rotatable bonds is 3. The predicted octanol–water partition coefficient (Wildman–Crippen LogP) is 1.84. The van der Waals surface area contributed by atoms with Gasteiger partial charge in [0.25, 0.3) is 0 Å². The first-order valence-corrected chi connectivity index (χ1v) is 6.64. The summed E-state index contributed by atoms with van der Waals surface area (Å²) >= 11 is 2.12. The average Bonchev–Trinajstić information content (AvgIpc) is 2.35. The predicted molar refractivity (Wildman–Crippen MR) is 73.5 cm³/mol. The second kappa shape index (κ2) is 5.88. The minimum Gasteiger partial charge on any atom is -0.504 e.